The molecule has 4 heteroatoms. The second-order valence-corrected chi connectivity index (χ2v) is 3.75. The van der Waals surface area contributed by atoms with Crippen LogP contribution in [-0.4, -0.2) is 23.5 Å². The van der Waals surface area contributed by atoms with Gasteiger partial charge in [0.25, 0.3) is 0 Å². The summed E-state index contributed by atoms with van der Waals surface area (Å²) in [7, 11) is 1.44. The molecule has 1 N–H and O–H groups in total. The van der Waals surface area contributed by atoms with E-state index in [9.17, 15) is 4.79 Å². The van der Waals surface area contributed by atoms with Crippen molar-refractivity contribution < 1.29 is 14.6 Å². The van der Waals surface area contributed by atoms with Gasteiger partial charge in [-0.25, -0.2) is 4.79 Å². The lowest BCUT2D eigenvalue weighted by Crippen LogP contribution is -2.00. The molecule has 1 aromatic carbocycles. The van der Waals surface area contributed by atoms with Crippen LogP contribution in [0.2, 0.25) is 0 Å². The highest BCUT2D eigenvalue weighted by Crippen LogP contribution is 2.19. The van der Waals surface area contributed by atoms with E-state index in [2.05, 4.69) is 27.8 Å². The van der Waals surface area contributed by atoms with E-state index in [0.717, 1.165) is 11.8 Å². The van der Waals surface area contributed by atoms with E-state index in [1.54, 1.807) is 12.1 Å². The Hall–Kier alpha value is -1.47. The van der Waals surface area contributed by atoms with Gasteiger partial charge in [-0.3, -0.25) is 0 Å². The Morgan fingerprint density at radius 2 is 2.31 bits per heavy atom. The molecule has 84 valence electrons. The van der Waals surface area contributed by atoms with Crippen molar-refractivity contribution in [2.24, 2.45) is 0 Å². The summed E-state index contributed by atoms with van der Waals surface area (Å²) in [4.78, 5) is 10.9. The second kappa shape index (κ2) is 6.19. The van der Waals surface area contributed by atoms with Gasteiger partial charge >= 0.3 is 5.97 Å². The van der Waals surface area contributed by atoms with Crippen LogP contribution in [0.3, 0.4) is 0 Å². The second-order valence-electron chi connectivity index (χ2n) is 2.96. The summed E-state index contributed by atoms with van der Waals surface area (Å²) < 4.78 is 4.95. The number of alkyl halides is 1. The number of methoxy groups -OCH3 is 1. The maximum Gasteiger partial charge on any atom is 0.339 e. The number of aromatic carboxylic acids is 1. The molecule has 16 heavy (non-hydrogen) atoms. The molecule has 0 fully saturated rings. The highest BCUT2D eigenvalue weighted by atomic mass is 79.9. The van der Waals surface area contributed by atoms with E-state index in [1.165, 1.54) is 13.2 Å². The fraction of sp³-hybridized carbons (Fsp3) is 0.250. The molecule has 0 spiro atoms. The SMILES string of the molecule is COc1ccc(C#CCCBr)cc1C(=O)O. The van der Waals surface area contributed by atoms with Gasteiger partial charge in [-0.2, -0.15) is 0 Å². The van der Waals surface area contributed by atoms with Gasteiger partial charge in [-0.05, 0) is 18.2 Å². The van der Waals surface area contributed by atoms with Gasteiger partial charge in [0.2, 0.25) is 0 Å². The number of carboxylic acid groups (broad SMARTS) is 1. The number of hydrogen-bond acceptors (Lipinski definition) is 2. The predicted octanol–water partition coefficient (Wildman–Crippen LogP) is 2.53. The van der Waals surface area contributed by atoms with Crippen molar-refractivity contribution in [1.82, 2.24) is 0 Å². The fourth-order valence-corrected chi connectivity index (χ4v) is 1.36. The Morgan fingerprint density at radius 3 is 2.88 bits per heavy atom. The summed E-state index contributed by atoms with van der Waals surface area (Å²) in [5, 5.41) is 9.76. The minimum absolute atomic E-state index is 0.133. The Labute approximate surface area is 103 Å². The molecule has 0 unspecified atom stereocenters. The Bertz CT molecular complexity index is 443. The average Bonchev–Trinajstić information content (AvgIpc) is 2.29. The normalized spacial score (nSPS) is 9.12. The number of benzene rings is 1. The number of rotatable bonds is 3. The van der Waals surface area contributed by atoms with Gasteiger partial charge in [0.05, 0.1) is 7.11 Å². The van der Waals surface area contributed by atoms with Crippen LogP contribution in [0.4, 0.5) is 0 Å². The molecule has 0 aliphatic heterocycles. The third-order valence-electron chi connectivity index (χ3n) is 1.88. The maximum atomic E-state index is 10.9. The number of halogens is 1. The van der Waals surface area contributed by atoms with E-state index in [0.29, 0.717) is 11.3 Å². The first kappa shape index (κ1) is 12.6. The minimum atomic E-state index is -1.01. The lowest BCUT2D eigenvalue weighted by molar-refractivity contribution is 0.0693. The molecule has 0 radical (unpaired) electrons. The Morgan fingerprint density at radius 1 is 1.56 bits per heavy atom. The topological polar surface area (TPSA) is 46.5 Å². The lowest BCUT2D eigenvalue weighted by atomic mass is 10.1. The Kier molecular flexibility index (Phi) is 4.87. The Balaban J connectivity index is 3.04. The predicted molar refractivity (Wildman–Crippen MR) is 65.2 cm³/mol. The van der Waals surface area contributed by atoms with E-state index in [-0.39, 0.29) is 5.56 Å². The molecular weight excluding hydrogens is 272 g/mol. The first-order valence-electron chi connectivity index (χ1n) is 4.65. The summed E-state index contributed by atoms with van der Waals surface area (Å²) >= 11 is 3.27. The highest BCUT2D eigenvalue weighted by molar-refractivity contribution is 9.09. The van der Waals surface area contributed by atoms with Crippen molar-refractivity contribution >= 4 is 21.9 Å². The zero-order chi connectivity index (χ0) is 12.0. The van der Waals surface area contributed by atoms with Crippen LogP contribution < -0.4 is 4.74 Å². The van der Waals surface area contributed by atoms with Gasteiger partial charge in [-0.1, -0.05) is 27.8 Å². The van der Waals surface area contributed by atoms with Gasteiger partial charge < -0.3 is 9.84 Å². The molecule has 0 aliphatic carbocycles. The van der Waals surface area contributed by atoms with Crippen molar-refractivity contribution in [3.8, 4) is 17.6 Å². The molecule has 0 saturated carbocycles. The highest BCUT2D eigenvalue weighted by Gasteiger charge is 2.10. The fourth-order valence-electron chi connectivity index (χ4n) is 1.16. The molecule has 1 aromatic rings. The first-order chi connectivity index (χ1) is 7.69. The maximum absolute atomic E-state index is 10.9. The van der Waals surface area contributed by atoms with E-state index >= 15 is 0 Å². The van der Waals surface area contributed by atoms with Crippen LogP contribution in [-0.2, 0) is 0 Å². The molecule has 0 heterocycles. The van der Waals surface area contributed by atoms with E-state index in [4.69, 9.17) is 9.84 Å². The van der Waals surface area contributed by atoms with Crippen LogP contribution >= 0.6 is 15.9 Å². The molecule has 3 nitrogen and oxygen atoms in total. The summed E-state index contributed by atoms with van der Waals surface area (Å²) in [5.41, 5.74) is 0.812. The smallest absolute Gasteiger partial charge is 0.339 e. The van der Waals surface area contributed by atoms with Crippen molar-refractivity contribution in [2.75, 3.05) is 12.4 Å². The monoisotopic (exact) mass is 282 g/mol. The molecule has 0 aromatic heterocycles. The summed E-state index contributed by atoms with van der Waals surface area (Å²) in [6, 6.07) is 4.87. The van der Waals surface area contributed by atoms with Crippen molar-refractivity contribution in [1.29, 1.82) is 0 Å². The summed E-state index contributed by atoms with van der Waals surface area (Å²) in [6.45, 7) is 0. The first-order valence-corrected chi connectivity index (χ1v) is 5.77. The molecule has 0 aliphatic rings. The molecule has 0 bridgehead atoms. The van der Waals surface area contributed by atoms with Crippen LogP contribution in [0.15, 0.2) is 18.2 Å². The molecule has 0 amide bonds. The molecule has 0 saturated heterocycles. The number of ether oxygens (including phenoxy) is 1. The average molecular weight is 283 g/mol. The van der Waals surface area contributed by atoms with Gasteiger partial charge in [-0.15, -0.1) is 0 Å². The van der Waals surface area contributed by atoms with Gasteiger partial charge in [0, 0.05) is 17.3 Å². The largest absolute Gasteiger partial charge is 0.496 e. The van der Waals surface area contributed by atoms with Crippen molar-refractivity contribution in [3.63, 3.8) is 0 Å². The zero-order valence-electron chi connectivity index (χ0n) is 8.79. The summed E-state index contributed by atoms with van der Waals surface area (Å²) in [6.07, 6.45) is 0.731. The van der Waals surface area contributed by atoms with Crippen LogP contribution in [0.5, 0.6) is 5.75 Å². The third kappa shape index (κ3) is 3.28. The third-order valence-corrected chi connectivity index (χ3v) is 2.28. The quantitative estimate of drug-likeness (QED) is 0.685. The molecule has 0 atom stereocenters. The zero-order valence-corrected chi connectivity index (χ0v) is 10.4. The molecule has 1 rings (SSSR count). The van der Waals surface area contributed by atoms with Crippen LogP contribution in [0.25, 0.3) is 0 Å². The molecular formula is C12H11BrO3. The number of hydrogen-bond donors (Lipinski definition) is 1. The van der Waals surface area contributed by atoms with Gasteiger partial charge in [0.1, 0.15) is 11.3 Å². The van der Waals surface area contributed by atoms with Crippen LogP contribution in [0, 0.1) is 11.8 Å². The standard InChI is InChI=1S/C12H11BrO3/c1-16-11-6-5-9(4-2-3-7-13)8-10(11)12(14)15/h5-6,8H,3,7H2,1H3,(H,14,15). The van der Waals surface area contributed by atoms with Gasteiger partial charge in [0.15, 0.2) is 0 Å². The van der Waals surface area contributed by atoms with E-state index < -0.39 is 5.97 Å². The summed E-state index contributed by atoms with van der Waals surface area (Å²) in [5.74, 6) is 5.15. The lowest BCUT2D eigenvalue weighted by Gasteiger charge is -2.04. The minimum Gasteiger partial charge on any atom is -0.496 e. The number of carbonyl (C=O) groups is 1. The van der Waals surface area contributed by atoms with Crippen molar-refractivity contribution in [2.45, 2.75) is 6.42 Å². The van der Waals surface area contributed by atoms with Crippen LogP contribution in [0.1, 0.15) is 22.3 Å². The van der Waals surface area contributed by atoms with E-state index in [1.807, 2.05) is 0 Å². The van der Waals surface area contributed by atoms with Crippen molar-refractivity contribution in [3.05, 3.63) is 29.3 Å². The number of carboxylic acids is 1.